The van der Waals surface area contributed by atoms with Gasteiger partial charge in [0.2, 0.25) is 0 Å². The summed E-state index contributed by atoms with van der Waals surface area (Å²) in [4.78, 5) is 10.9. The summed E-state index contributed by atoms with van der Waals surface area (Å²) in [5.41, 5.74) is 0. The van der Waals surface area contributed by atoms with Crippen molar-refractivity contribution in [2.45, 2.75) is 64.7 Å². The van der Waals surface area contributed by atoms with Crippen LogP contribution in [-0.4, -0.2) is 13.1 Å². The molecule has 0 amide bonds. The van der Waals surface area contributed by atoms with Crippen LogP contribution in [0.25, 0.3) is 0 Å². The molecule has 0 saturated carbocycles. The SMILES string of the molecule is CCC/C=C\C=C\CCCCCCCC(=O)OC. The zero-order valence-corrected chi connectivity index (χ0v) is 12.0. The number of allylic oxidation sites excluding steroid dienone is 4. The molecule has 0 radical (unpaired) electrons. The molecule has 0 heterocycles. The van der Waals surface area contributed by atoms with E-state index in [2.05, 4.69) is 36.0 Å². The maximum atomic E-state index is 10.9. The van der Waals surface area contributed by atoms with Crippen LogP contribution in [0.2, 0.25) is 0 Å². The topological polar surface area (TPSA) is 26.3 Å². The summed E-state index contributed by atoms with van der Waals surface area (Å²) < 4.78 is 4.60. The smallest absolute Gasteiger partial charge is 0.305 e. The molecular weight excluding hydrogens is 224 g/mol. The van der Waals surface area contributed by atoms with Crippen molar-refractivity contribution in [2.24, 2.45) is 0 Å². The fraction of sp³-hybridized carbons (Fsp3) is 0.688. The quantitative estimate of drug-likeness (QED) is 0.300. The van der Waals surface area contributed by atoms with Gasteiger partial charge in [-0.1, -0.05) is 56.9 Å². The van der Waals surface area contributed by atoms with Gasteiger partial charge in [0.15, 0.2) is 0 Å². The molecule has 104 valence electrons. The number of methoxy groups -OCH3 is 1. The predicted molar refractivity (Wildman–Crippen MR) is 77.5 cm³/mol. The fourth-order valence-electron chi connectivity index (χ4n) is 1.68. The molecule has 18 heavy (non-hydrogen) atoms. The van der Waals surface area contributed by atoms with Gasteiger partial charge in [-0.25, -0.2) is 0 Å². The van der Waals surface area contributed by atoms with Gasteiger partial charge in [-0.05, 0) is 25.7 Å². The van der Waals surface area contributed by atoms with Gasteiger partial charge < -0.3 is 4.74 Å². The highest BCUT2D eigenvalue weighted by Gasteiger charge is 1.98. The van der Waals surface area contributed by atoms with Crippen molar-refractivity contribution in [3.8, 4) is 0 Å². The number of unbranched alkanes of at least 4 members (excludes halogenated alkanes) is 6. The molecule has 0 aliphatic carbocycles. The van der Waals surface area contributed by atoms with Crippen LogP contribution in [-0.2, 0) is 9.53 Å². The normalized spacial score (nSPS) is 11.4. The van der Waals surface area contributed by atoms with Crippen LogP contribution in [0, 0.1) is 0 Å². The Morgan fingerprint density at radius 2 is 1.56 bits per heavy atom. The summed E-state index contributed by atoms with van der Waals surface area (Å²) in [6.45, 7) is 2.19. The van der Waals surface area contributed by atoms with E-state index in [1.807, 2.05) is 0 Å². The predicted octanol–water partition coefficient (Wildman–Crippen LogP) is 4.80. The summed E-state index contributed by atoms with van der Waals surface area (Å²) in [6.07, 6.45) is 18.7. The number of rotatable bonds is 11. The lowest BCUT2D eigenvalue weighted by molar-refractivity contribution is -0.140. The molecular formula is C16H28O2. The van der Waals surface area contributed by atoms with Crippen LogP contribution in [0.5, 0.6) is 0 Å². The lowest BCUT2D eigenvalue weighted by Crippen LogP contribution is -1.98. The standard InChI is InChI=1S/C16H28O2/c1-3-4-5-6-7-8-9-10-11-12-13-14-15-16(17)18-2/h5-8H,3-4,9-15H2,1-2H3/b6-5-,8-7+. The average Bonchev–Trinajstić information content (AvgIpc) is 2.39. The number of ether oxygens (including phenoxy) is 1. The van der Waals surface area contributed by atoms with Gasteiger partial charge in [-0.2, -0.15) is 0 Å². The summed E-state index contributed by atoms with van der Waals surface area (Å²) in [5, 5.41) is 0. The van der Waals surface area contributed by atoms with E-state index < -0.39 is 0 Å². The van der Waals surface area contributed by atoms with E-state index in [9.17, 15) is 4.79 Å². The fourth-order valence-corrected chi connectivity index (χ4v) is 1.68. The first kappa shape index (κ1) is 16.9. The van der Waals surface area contributed by atoms with E-state index in [0.717, 1.165) is 19.3 Å². The summed E-state index contributed by atoms with van der Waals surface area (Å²) >= 11 is 0. The Morgan fingerprint density at radius 3 is 2.22 bits per heavy atom. The third kappa shape index (κ3) is 13.0. The summed E-state index contributed by atoms with van der Waals surface area (Å²) in [6, 6.07) is 0. The Hall–Kier alpha value is -1.05. The first-order valence-corrected chi connectivity index (χ1v) is 7.19. The molecule has 0 unspecified atom stereocenters. The van der Waals surface area contributed by atoms with Crippen molar-refractivity contribution in [1.82, 2.24) is 0 Å². The van der Waals surface area contributed by atoms with Gasteiger partial charge in [0.1, 0.15) is 0 Å². The molecule has 0 rings (SSSR count). The second-order valence-corrected chi connectivity index (χ2v) is 4.53. The zero-order chi connectivity index (χ0) is 13.5. The highest BCUT2D eigenvalue weighted by molar-refractivity contribution is 5.68. The Balaban J connectivity index is 3.18. The van der Waals surface area contributed by atoms with Gasteiger partial charge in [-0.3, -0.25) is 4.79 Å². The van der Waals surface area contributed by atoms with Crippen molar-refractivity contribution in [3.05, 3.63) is 24.3 Å². The van der Waals surface area contributed by atoms with Crippen LogP contribution in [0.4, 0.5) is 0 Å². The minimum Gasteiger partial charge on any atom is -0.469 e. The molecule has 0 N–H and O–H groups in total. The van der Waals surface area contributed by atoms with E-state index in [0.29, 0.717) is 6.42 Å². The van der Waals surface area contributed by atoms with Gasteiger partial charge in [0.05, 0.1) is 7.11 Å². The van der Waals surface area contributed by atoms with Crippen LogP contribution in [0.1, 0.15) is 64.7 Å². The largest absolute Gasteiger partial charge is 0.469 e. The Morgan fingerprint density at radius 1 is 0.944 bits per heavy atom. The number of carbonyl (C=O) groups excluding carboxylic acids is 1. The third-order valence-electron chi connectivity index (χ3n) is 2.82. The van der Waals surface area contributed by atoms with Crippen molar-refractivity contribution < 1.29 is 9.53 Å². The van der Waals surface area contributed by atoms with Crippen LogP contribution in [0.3, 0.4) is 0 Å². The van der Waals surface area contributed by atoms with Crippen LogP contribution in [0.15, 0.2) is 24.3 Å². The zero-order valence-electron chi connectivity index (χ0n) is 12.0. The molecule has 2 nitrogen and oxygen atoms in total. The highest BCUT2D eigenvalue weighted by Crippen LogP contribution is 2.08. The second kappa shape index (κ2) is 14.0. The molecule has 0 aromatic rings. The Bertz CT molecular complexity index is 241. The monoisotopic (exact) mass is 252 g/mol. The molecule has 0 spiro atoms. The molecule has 0 aliphatic heterocycles. The lowest BCUT2D eigenvalue weighted by atomic mass is 10.1. The second-order valence-electron chi connectivity index (χ2n) is 4.53. The molecule has 0 saturated heterocycles. The molecule has 0 atom stereocenters. The van der Waals surface area contributed by atoms with Crippen molar-refractivity contribution in [1.29, 1.82) is 0 Å². The number of carbonyl (C=O) groups is 1. The minimum atomic E-state index is -0.0863. The van der Waals surface area contributed by atoms with E-state index in [-0.39, 0.29) is 5.97 Å². The van der Waals surface area contributed by atoms with E-state index >= 15 is 0 Å². The molecule has 0 aliphatic rings. The van der Waals surface area contributed by atoms with Gasteiger partial charge in [0.25, 0.3) is 0 Å². The lowest BCUT2D eigenvalue weighted by Gasteiger charge is -1.99. The van der Waals surface area contributed by atoms with Crippen LogP contribution < -0.4 is 0 Å². The van der Waals surface area contributed by atoms with Gasteiger partial charge in [-0.15, -0.1) is 0 Å². The number of esters is 1. The number of hydrogen-bond acceptors (Lipinski definition) is 2. The van der Waals surface area contributed by atoms with E-state index in [1.165, 1.54) is 39.2 Å². The van der Waals surface area contributed by atoms with E-state index in [4.69, 9.17) is 0 Å². The maximum Gasteiger partial charge on any atom is 0.305 e. The minimum absolute atomic E-state index is 0.0863. The van der Waals surface area contributed by atoms with Crippen LogP contribution >= 0.6 is 0 Å². The first-order valence-electron chi connectivity index (χ1n) is 7.19. The molecule has 0 aromatic heterocycles. The van der Waals surface area contributed by atoms with Gasteiger partial charge in [0, 0.05) is 6.42 Å². The van der Waals surface area contributed by atoms with Gasteiger partial charge >= 0.3 is 5.97 Å². The average molecular weight is 252 g/mol. The molecule has 0 aromatic carbocycles. The third-order valence-corrected chi connectivity index (χ3v) is 2.82. The van der Waals surface area contributed by atoms with E-state index in [1.54, 1.807) is 0 Å². The molecule has 0 bridgehead atoms. The maximum absolute atomic E-state index is 10.9. The summed E-state index contributed by atoms with van der Waals surface area (Å²) in [7, 11) is 1.45. The van der Waals surface area contributed by atoms with Crippen molar-refractivity contribution >= 4 is 5.97 Å². The molecule has 0 fully saturated rings. The summed E-state index contributed by atoms with van der Waals surface area (Å²) in [5.74, 6) is -0.0863. The Kier molecular flexibility index (Phi) is 13.2. The first-order chi connectivity index (χ1) is 8.81. The van der Waals surface area contributed by atoms with Crippen molar-refractivity contribution in [3.63, 3.8) is 0 Å². The molecule has 2 heteroatoms. The van der Waals surface area contributed by atoms with Crippen molar-refractivity contribution in [2.75, 3.05) is 7.11 Å². The highest BCUT2D eigenvalue weighted by atomic mass is 16.5. The Labute approximate surface area is 112 Å². The number of hydrogen-bond donors (Lipinski definition) is 0.